The van der Waals surface area contributed by atoms with E-state index in [-0.39, 0.29) is 22.9 Å². The Hall–Kier alpha value is -2.41. The summed E-state index contributed by atoms with van der Waals surface area (Å²) in [5, 5.41) is 8.41. The van der Waals surface area contributed by atoms with Crippen LogP contribution in [0, 0.1) is 11.6 Å². The number of carbonyl (C=O) groups excluding carboxylic acids is 1. The molecular weight excluding hydrogens is 324 g/mol. The number of hydrogen-bond donors (Lipinski definition) is 1. The van der Waals surface area contributed by atoms with Crippen LogP contribution in [0.25, 0.3) is 0 Å². The number of carboxylic acids is 1. The lowest BCUT2D eigenvalue weighted by Gasteiger charge is -2.24. The SMILES string of the molecule is O=C(O)c1ccc(N2C(=O)CSC2c2ccc(F)cc2)c(F)c1. The van der Waals surface area contributed by atoms with E-state index in [1.807, 2.05) is 0 Å². The van der Waals surface area contributed by atoms with E-state index >= 15 is 0 Å². The summed E-state index contributed by atoms with van der Waals surface area (Å²) in [5.41, 5.74) is 0.493. The van der Waals surface area contributed by atoms with Crippen molar-refractivity contribution in [2.24, 2.45) is 0 Å². The van der Waals surface area contributed by atoms with Crippen molar-refractivity contribution in [3.05, 3.63) is 65.2 Å². The van der Waals surface area contributed by atoms with Crippen molar-refractivity contribution in [2.75, 3.05) is 10.7 Å². The van der Waals surface area contributed by atoms with Crippen LogP contribution in [0.4, 0.5) is 14.5 Å². The standard InChI is InChI=1S/C16H11F2NO3S/c17-11-4-1-9(2-5-11)15-19(14(20)8-23-15)13-6-3-10(16(21)22)7-12(13)18/h1-7,15H,8H2,(H,21,22). The van der Waals surface area contributed by atoms with Gasteiger partial charge in [0, 0.05) is 0 Å². The molecule has 0 saturated carbocycles. The summed E-state index contributed by atoms with van der Waals surface area (Å²) in [7, 11) is 0. The monoisotopic (exact) mass is 335 g/mol. The first-order valence-electron chi connectivity index (χ1n) is 6.69. The highest BCUT2D eigenvalue weighted by Gasteiger charge is 2.35. The molecule has 1 atom stereocenters. The van der Waals surface area contributed by atoms with Crippen LogP contribution in [0.3, 0.4) is 0 Å². The molecule has 2 aromatic carbocycles. The van der Waals surface area contributed by atoms with E-state index in [9.17, 15) is 18.4 Å². The van der Waals surface area contributed by atoms with Gasteiger partial charge in [-0.05, 0) is 35.9 Å². The van der Waals surface area contributed by atoms with Gasteiger partial charge in [-0.2, -0.15) is 0 Å². The zero-order valence-corrected chi connectivity index (χ0v) is 12.5. The van der Waals surface area contributed by atoms with E-state index in [2.05, 4.69) is 0 Å². The number of amides is 1. The molecule has 1 aliphatic heterocycles. The number of anilines is 1. The van der Waals surface area contributed by atoms with Gasteiger partial charge < -0.3 is 5.11 Å². The molecule has 1 fully saturated rings. The van der Waals surface area contributed by atoms with Gasteiger partial charge >= 0.3 is 5.97 Å². The maximum Gasteiger partial charge on any atom is 0.335 e. The summed E-state index contributed by atoms with van der Waals surface area (Å²) in [6.07, 6.45) is 0. The third-order valence-electron chi connectivity index (χ3n) is 3.48. The van der Waals surface area contributed by atoms with Gasteiger partial charge in [-0.15, -0.1) is 11.8 Å². The highest BCUT2D eigenvalue weighted by molar-refractivity contribution is 8.00. The van der Waals surface area contributed by atoms with Gasteiger partial charge in [0.1, 0.15) is 17.0 Å². The third kappa shape index (κ3) is 2.92. The number of aromatic carboxylic acids is 1. The molecule has 2 aromatic rings. The summed E-state index contributed by atoms with van der Waals surface area (Å²) >= 11 is 1.30. The molecule has 0 bridgehead atoms. The number of nitrogens with zero attached hydrogens (tertiary/aromatic N) is 1. The Morgan fingerprint density at radius 1 is 1.17 bits per heavy atom. The molecule has 0 aliphatic carbocycles. The Labute approximate surface area is 134 Å². The first kappa shape index (κ1) is 15.5. The molecule has 23 heavy (non-hydrogen) atoms. The van der Waals surface area contributed by atoms with Crippen molar-refractivity contribution in [3.8, 4) is 0 Å². The normalized spacial score (nSPS) is 17.6. The number of thioether (sulfide) groups is 1. The van der Waals surface area contributed by atoms with Crippen LogP contribution < -0.4 is 4.90 Å². The second kappa shape index (κ2) is 6.00. The van der Waals surface area contributed by atoms with Gasteiger partial charge in [0.15, 0.2) is 0 Å². The number of halogens is 2. The molecular formula is C16H11F2NO3S. The number of rotatable bonds is 3. The molecule has 1 unspecified atom stereocenters. The fourth-order valence-electron chi connectivity index (χ4n) is 2.39. The topological polar surface area (TPSA) is 57.6 Å². The predicted molar refractivity (Wildman–Crippen MR) is 82.4 cm³/mol. The van der Waals surface area contributed by atoms with Crippen molar-refractivity contribution < 1.29 is 23.5 Å². The lowest BCUT2D eigenvalue weighted by atomic mass is 10.1. The molecule has 1 amide bonds. The smallest absolute Gasteiger partial charge is 0.335 e. The molecule has 7 heteroatoms. The first-order valence-corrected chi connectivity index (χ1v) is 7.74. The van der Waals surface area contributed by atoms with Crippen LogP contribution in [0.1, 0.15) is 21.3 Å². The lowest BCUT2D eigenvalue weighted by molar-refractivity contribution is -0.115. The maximum absolute atomic E-state index is 14.3. The molecule has 1 aliphatic rings. The molecule has 1 N–H and O–H groups in total. The lowest BCUT2D eigenvalue weighted by Crippen LogP contribution is -2.28. The van der Waals surface area contributed by atoms with E-state index in [1.165, 1.54) is 40.9 Å². The van der Waals surface area contributed by atoms with Crippen LogP contribution in [0.2, 0.25) is 0 Å². The number of hydrogen-bond acceptors (Lipinski definition) is 3. The minimum Gasteiger partial charge on any atom is -0.478 e. The van der Waals surface area contributed by atoms with E-state index in [4.69, 9.17) is 5.11 Å². The number of benzene rings is 2. The summed E-state index contributed by atoms with van der Waals surface area (Å²) in [6.45, 7) is 0. The average molecular weight is 335 g/mol. The van der Waals surface area contributed by atoms with E-state index in [1.54, 1.807) is 12.1 Å². The predicted octanol–water partition coefficient (Wildman–Crippen LogP) is 3.44. The maximum atomic E-state index is 14.3. The van der Waals surface area contributed by atoms with Gasteiger partial charge in [0.25, 0.3) is 0 Å². The molecule has 3 rings (SSSR count). The van der Waals surface area contributed by atoms with Gasteiger partial charge in [0.05, 0.1) is 17.0 Å². The third-order valence-corrected chi connectivity index (χ3v) is 4.69. The molecule has 0 spiro atoms. The molecule has 1 saturated heterocycles. The van der Waals surface area contributed by atoms with Crippen molar-refractivity contribution in [1.82, 2.24) is 0 Å². The first-order chi connectivity index (χ1) is 11.0. The van der Waals surface area contributed by atoms with Crippen molar-refractivity contribution in [1.29, 1.82) is 0 Å². The summed E-state index contributed by atoms with van der Waals surface area (Å²) in [6, 6.07) is 9.05. The fourth-order valence-corrected chi connectivity index (χ4v) is 3.56. The van der Waals surface area contributed by atoms with Crippen LogP contribution in [-0.4, -0.2) is 22.7 Å². The number of carbonyl (C=O) groups is 2. The molecule has 0 aromatic heterocycles. The second-order valence-corrected chi connectivity index (χ2v) is 6.02. The van der Waals surface area contributed by atoms with E-state index in [0.717, 1.165) is 6.07 Å². The van der Waals surface area contributed by atoms with Crippen LogP contribution in [0.5, 0.6) is 0 Å². The fraction of sp³-hybridized carbons (Fsp3) is 0.125. The average Bonchev–Trinajstić information content (AvgIpc) is 2.89. The Kier molecular flexibility index (Phi) is 4.04. The van der Waals surface area contributed by atoms with Gasteiger partial charge in [0.2, 0.25) is 5.91 Å². The zero-order chi connectivity index (χ0) is 16.6. The quantitative estimate of drug-likeness (QED) is 0.933. The summed E-state index contributed by atoms with van der Waals surface area (Å²) in [5.74, 6) is -2.54. The largest absolute Gasteiger partial charge is 0.478 e. The van der Waals surface area contributed by atoms with E-state index < -0.39 is 23.0 Å². The van der Waals surface area contributed by atoms with Crippen LogP contribution >= 0.6 is 11.8 Å². The van der Waals surface area contributed by atoms with Crippen molar-refractivity contribution in [3.63, 3.8) is 0 Å². The highest BCUT2D eigenvalue weighted by atomic mass is 32.2. The van der Waals surface area contributed by atoms with Crippen LogP contribution in [0.15, 0.2) is 42.5 Å². The van der Waals surface area contributed by atoms with Gasteiger partial charge in [-0.25, -0.2) is 13.6 Å². The minimum absolute atomic E-state index is 0.0133. The summed E-state index contributed by atoms with van der Waals surface area (Å²) < 4.78 is 27.3. The molecule has 0 radical (unpaired) electrons. The Bertz CT molecular complexity index is 779. The van der Waals surface area contributed by atoms with Crippen molar-refractivity contribution >= 4 is 29.3 Å². The zero-order valence-electron chi connectivity index (χ0n) is 11.7. The number of carboxylic acid groups (broad SMARTS) is 1. The second-order valence-electron chi connectivity index (χ2n) is 4.95. The Balaban J connectivity index is 2.00. The minimum atomic E-state index is -1.24. The van der Waals surface area contributed by atoms with Crippen LogP contribution in [-0.2, 0) is 4.79 Å². The molecule has 1 heterocycles. The van der Waals surface area contributed by atoms with Crippen molar-refractivity contribution in [2.45, 2.75) is 5.37 Å². The summed E-state index contributed by atoms with van der Waals surface area (Å²) in [4.78, 5) is 24.3. The Morgan fingerprint density at radius 3 is 2.48 bits per heavy atom. The highest BCUT2D eigenvalue weighted by Crippen LogP contribution is 2.42. The molecule has 118 valence electrons. The van der Waals surface area contributed by atoms with Gasteiger partial charge in [-0.1, -0.05) is 12.1 Å². The van der Waals surface area contributed by atoms with E-state index in [0.29, 0.717) is 5.56 Å². The van der Waals surface area contributed by atoms with Gasteiger partial charge in [-0.3, -0.25) is 9.69 Å². The Morgan fingerprint density at radius 2 is 1.87 bits per heavy atom. The molecule has 4 nitrogen and oxygen atoms in total.